The fourth-order valence-corrected chi connectivity index (χ4v) is 1.43. The Morgan fingerprint density at radius 3 is 3.00 bits per heavy atom. The van der Waals surface area contributed by atoms with Crippen LogP contribution in [0.5, 0.6) is 11.5 Å². The summed E-state index contributed by atoms with van der Waals surface area (Å²) in [5, 5.41) is 18.2. The Morgan fingerprint density at radius 1 is 1.47 bits per heavy atom. The number of hydrogen-bond acceptors (Lipinski definition) is 5. The summed E-state index contributed by atoms with van der Waals surface area (Å²) in [5.74, 6) is -0.0131. The van der Waals surface area contributed by atoms with E-state index in [2.05, 4.69) is 15.5 Å². The van der Waals surface area contributed by atoms with Crippen molar-refractivity contribution in [2.45, 2.75) is 0 Å². The zero-order valence-corrected chi connectivity index (χ0v) is 9.79. The number of carbonyl (C=O) groups excluding carboxylic acids is 2. The van der Waals surface area contributed by atoms with E-state index in [9.17, 15) is 14.7 Å². The molecule has 19 heavy (non-hydrogen) atoms. The van der Waals surface area contributed by atoms with E-state index in [0.29, 0.717) is 12.1 Å². The molecule has 0 radical (unpaired) electrons. The molecule has 0 unspecified atom stereocenters. The van der Waals surface area contributed by atoms with Crippen LogP contribution in [0.4, 0.5) is 5.82 Å². The number of aldehydes is 1. The fraction of sp³-hybridized carbons (Fsp3) is 0.0833. The summed E-state index contributed by atoms with van der Waals surface area (Å²) in [6, 6.07) is 5.96. The number of aromatic nitrogens is 2. The summed E-state index contributed by atoms with van der Waals surface area (Å²) < 4.78 is 5.18. The number of aromatic hydroxyl groups is 1. The zero-order valence-electron chi connectivity index (χ0n) is 9.79. The summed E-state index contributed by atoms with van der Waals surface area (Å²) in [4.78, 5) is 22.3. The van der Waals surface area contributed by atoms with E-state index in [0.717, 1.165) is 0 Å². The average Bonchev–Trinajstić information content (AvgIpc) is 2.89. The van der Waals surface area contributed by atoms with Crippen molar-refractivity contribution in [3.8, 4) is 11.5 Å². The van der Waals surface area contributed by atoms with Crippen molar-refractivity contribution < 1.29 is 19.4 Å². The van der Waals surface area contributed by atoms with E-state index in [1.807, 2.05) is 0 Å². The Bertz CT molecular complexity index is 581. The van der Waals surface area contributed by atoms with Gasteiger partial charge < -0.3 is 15.2 Å². The molecule has 0 aliphatic rings. The number of ether oxygens (including phenoxy) is 1. The molecule has 1 amide bonds. The van der Waals surface area contributed by atoms with E-state index in [1.54, 1.807) is 6.07 Å². The summed E-state index contributed by atoms with van der Waals surface area (Å²) >= 11 is 0. The maximum absolute atomic E-state index is 11.5. The minimum absolute atomic E-state index is 0.0110. The van der Waals surface area contributed by atoms with Gasteiger partial charge in [-0.2, -0.15) is 5.10 Å². The standard InChI is InChI=1S/C12H11N3O4/c16-6-8-9(17)2-1-3-10(8)19-7-12(18)14-11-4-5-13-15-11/h1-6,17H,7H2,(H2,13,14,15,18). The molecule has 0 spiro atoms. The highest BCUT2D eigenvalue weighted by molar-refractivity contribution is 5.91. The molecule has 0 aliphatic carbocycles. The third-order valence-electron chi connectivity index (χ3n) is 2.29. The largest absolute Gasteiger partial charge is 0.507 e. The van der Waals surface area contributed by atoms with Gasteiger partial charge in [0.25, 0.3) is 5.91 Å². The highest BCUT2D eigenvalue weighted by atomic mass is 16.5. The number of amides is 1. The maximum Gasteiger partial charge on any atom is 0.263 e. The van der Waals surface area contributed by atoms with Crippen LogP contribution in [0.2, 0.25) is 0 Å². The van der Waals surface area contributed by atoms with Crippen molar-refractivity contribution in [3.63, 3.8) is 0 Å². The van der Waals surface area contributed by atoms with Gasteiger partial charge in [-0.05, 0) is 12.1 Å². The molecule has 0 bridgehead atoms. The van der Waals surface area contributed by atoms with Crippen LogP contribution in [0, 0.1) is 0 Å². The van der Waals surface area contributed by atoms with Crippen molar-refractivity contribution in [2.24, 2.45) is 0 Å². The molecule has 2 rings (SSSR count). The average molecular weight is 261 g/mol. The first-order valence-electron chi connectivity index (χ1n) is 5.40. The Labute approximate surface area is 108 Å². The van der Waals surface area contributed by atoms with Crippen LogP contribution in [0.3, 0.4) is 0 Å². The topological polar surface area (TPSA) is 104 Å². The number of phenols is 1. The van der Waals surface area contributed by atoms with Crippen molar-refractivity contribution >= 4 is 18.0 Å². The van der Waals surface area contributed by atoms with Gasteiger partial charge in [-0.15, -0.1) is 0 Å². The molecule has 0 saturated carbocycles. The van der Waals surface area contributed by atoms with E-state index in [-0.39, 0.29) is 23.7 Å². The Balaban J connectivity index is 1.97. The van der Waals surface area contributed by atoms with Gasteiger partial charge in [0, 0.05) is 6.07 Å². The Hall–Kier alpha value is -2.83. The van der Waals surface area contributed by atoms with Crippen LogP contribution < -0.4 is 10.1 Å². The number of benzene rings is 1. The minimum atomic E-state index is -0.413. The first kappa shape index (κ1) is 12.6. The van der Waals surface area contributed by atoms with Gasteiger partial charge in [0.05, 0.1) is 11.8 Å². The summed E-state index contributed by atoms with van der Waals surface area (Å²) in [7, 11) is 0. The monoisotopic (exact) mass is 261 g/mol. The van der Waals surface area contributed by atoms with Gasteiger partial charge in [0.15, 0.2) is 12.9 Å². The van der Waals surface area contributed by atoms with E-state index in [4.69, 9.17) is 4.74 Å². The second-order valence-electron chi connectivity index (χ2n) is 3.61. The molecular formula is C12H11N3O4. The van der Waals surface area contributed by atoms with Gasteiger partial charge >= 0.3 is 0 Å². The molecule has 0 atom stereocenters. The van der Waals surface area contributed by atoms with Gasteiger partial charge in [0.1, 0.15) is 17.3 Å². The minimum Gasteiger partial charge on any atom is -0.507 e. The summed E-state index contributed by atoms with van der Waals surface area (Å²) in [6.45, 7) is -0.288. The van der Waals surface area contributed by atoms with Crippen LogP contribution in [0.25, 0.3) is 0 Å². The number of carbonyl (C=O) groups is 2. The van der Waals surface area contributed by atoms with E-state index >= 15 is 0 Å². The zero-order chi connectivity index (χ0) is 13.7. The molecule has 7 heteroatoms. The van der Waals surface area contributed by atoms with Gasteiger partial charge in [-0.25, -0.2) is 0 Å². The quantitative estimate of drug-likeness (QED) is 0.695. The van der Waals surface area contributed by atoms with E-state index < -0.39 is 5.91 Å². The number of rotatable bonds is 5. The predicted octanol–water partition coefficient (Wildman–Crippen LogP) is 0.945. The number of hydrogen-bond donors (Lipinski definition) is 3. The Kier molecular flexibility index (Phi) is 3.77. The van der Waals surface area contributed by atoms with Crippen LogP contribution in [0.15, 0.2) is 30.5 Å². The van der Waals surface area contributed by atoms with Crippen molar-refractivity contribution in [1.29, 1.82) is 0 Å². The van der Waals surface area contributed by atoms with Gasteiger partial charge in [-0.3, -0.25) is 14.7 Å². The predicted molar refractivity (Wildman–Crippen MR) is 66.2 cm³/mol. The first-order valence-corrected chi connectivity index (χ1v) is 5.40. The number of phenolic OH excluding ortho intramolecular Hbond substituents is 1. The third-order valence-corrected chi connectivity index (χ3v) is 2.29. The van der Waals surface area contributed by atoms with Crippen LogP contribution in [-0.4, -0.2) is 34.1 Å². The molecular weight excluding hydrogens is 250 g/mol. The molecule has 0 saturated heterocycles. The SMILES string of the molecule is O=Cc1c(O)cccc1OCC(=O)Nc1ccn[nH]1. The van der Waals surface area contributed by atoms with Crippen LogP contribution in [0.1, 0.15) is 10.4 Å². The molecule has 1 aromatic heterocycles. The normalized spacial score (nSPS) is 9.89. The van der Waals surface area contributed by atoms with Crippen LogP contribution >= 0.6 is 0 Å². The lowest BCUT2D eigenvalue weighted by Crippen LogP contribution is -2.20. The summed E-state index contributed by atoms with van der Waals surface area (Å²) in [6.07, 6.45) is 1.97. The number of nitrogens with one attached hydrogen (secondary N) is 2. The number of H-pyrrole nitrogens is 1. The van der Waals surface area contributed by atoms with Gasteiger partial charge in [0.2, 0.25) is 0 Å². The fourth-order valence-electron chi connectivity index (χ4n) is 1.43. The lowest BCUT2D eigenvalue weighted by molar-refractivity contribution is -0.118. The summed E-state index contributed by atoms with van der Waals surface area (Å²) in [5.41, 5.74) is 0.0110. The highest BCUT2D eigenvalue weighted by Crippen LogP contribution is 2.25. The lowest BCUT2D eigenvalue weighted by atomic mass is 10.2. The number of anilines is 1. The molecule has 0 aliphatic heterocycles. The maximum atomic E-state index is 11.5. The van der Waals surface area contributed by atoms with Crippen LogP contribution in [-0.2, 0) is 4.79 Å². The van der Waals surface area contributed by atoms with Crippen molar-refractivity contribution in [3.05, 3.63) is 36.0 Å². The number of aromatic amines is 1. The first-order chi connectivity index (χ1) is 9.20. The number of nitrogens with zero attached hydrogens (tertiary/aromatic N) is 1. The lowest BCUT2D eigenvalue weighted by Gasteiger charge is -2.08. The molecule has 2 aromatic rings. The van der Waals surface area contributed by atoms with E-state index in [1.165, 1.54) is 24.4 Å². The smallest absolute Gasteiger partial charge is 0.263 e. The molecule has 7 nitrogen and oxygen atoms in total. The molecule has 1 aromatic carbocycles. The second-order valence-corrected chi connectivity index (χ2v) is 3.61. The second kappa shape index (κ2) is 5.67. The van der Waals surface area contributed by atoms with Gasteiger partial charge in [-0.1, -0.05) is 6.07 Å². The third kappa shape index (κ3) is 3.09. The highest BCUT2D eigenvalue weighted by Gasteiger charge is 2.10. The molecule has 0 fully saturated rings. The van der Waals surface area contributed by atoms with Crippen molar-refractivity contribution in [1.82, 2.24) is 10.2 Å². The molecule has 3 N–H and O–H groups in total. The molecule has 98 valence electrons. The molecule has 1 heterocycles. The Morgan fingerprint density at radius 2 is 2.32 bits per heavy atom. The van der Waals surface area contributed by atoms with Crippen molar-refractivity contribution in [2.75, 3.05) is 11.9 Å².